The number of hydrogen-bond donors (Lipinski definition) is 0. The van der Waals surface area contributed by atoms with Gasteiger partial charge in [0.05, 0.1) is 0 Å². The fourth-order valence-corrected chi connectivity index (χ4v) is 7.39. The van der Waals surface area contributed by atoms with Gasteiger partial charge in [-0.15, -0.1) is 0 Å². The topological polar surface area (TPSA) is 30.0 Å². The average Bonchev–Trinajstić information content (AvgIpc) is 2.89. The van der Waals surface area contributed by atoms with Crippen LogP contribution in [0.4, 0.5) is 0 Å². The highest BCUT2D eigenvalue weighted by Gasteiger charge is 2.59. The molecule has 0 aromatic carbocycles. The van der Waals surface area contributed by atoms with Crippen LogP contribution in [0.5, 0.6) is 0 Å². The van der Waals surface area contributed by atoms with Crippen LogP contribution in [-0.2, 0) is 16.6 Å². The predicted molar refractivity (Wildman–Crippen MR) is 94.7 cm³/mol. The predicted octanol–water partition coefficient (Wildman–Crippen LogP) is 4.71. The maximum absolute atomic E-state index is 12.0. The van der Waals surface area contributed by atoms with Gasteiger partial charge in [-0.2, -0.15) is 0 Å². The van der Waals surface area contributed by atoms with E-state index in [4.69, 9.17) is 4.98 Å². The second-order valence-electron chi connectivity index (χ2n) is 9.57. The van der Waals surface area contributed by atoms with Crippen molar-refractivity contribution in [2.45, 2.75) is 70.6 Å². The van der Waals surface area contributed by atoms with Gasteiger partial charge in [0.2, 0.25) is 0 Å². The van der Waals surface area contributed by atoms with Crippen molar-refractivity contribution in [1.29, 1.82) is 0 Å². The minimum atomic E-state index is 0.297. The van der Waals surface area contributed by atoms with Crippen molar-refractivity contribution in [2.24, 2.45) is 29.1 Å². The summed E-state index contributed by atoms with van der Waals surface area (Å²) in [6.45, 7) is 5.02. The third-order valence-electron chi connectivity index (χ3n) is 8.74. The van der Waals surface area contributed by atoms with Gasteiger partial charge in [0.1, 0.15) is 5.78 Å². The summed E-state index contributed by atoms with van der Waals surface area (Å²) in [5.74, 6) is 3.63. The van der Waals surface area contributed by atoms with Gasteiger partial charge in [-0.3, -0.25) is 9.78 Å². The second-order valence-corrected chi connectivity index (χ2v) is 9.57. The zero-order valence-electron chi connectivity index (χ0n) is 15.1. The van der Waals surface area contributed by atoms with Crippen molar-refractivity contribution in [3.05, 3.63) is 29.6 Å². The summed E-state index contributed by atoms with van der Waals surface area (Å²) in [4.78, 5) is 16.8. The molecule has 5 rings (SSSR count). The van der Waals surface area contributed by atoms with Gasteiger partial charge >= 0.3 is 0 Å². The molecule has 128 valence electrons. The first kappa shape index (κ1) is 15.1. The summed E-state index contributed by atoms with van der Waals surface area (Å²) in [5.41, 5.74) is 3.63. The van der Waals surface area contributed by atoms with E-state index in [2.05, 4.69) is 26.0 Å². The molecule has 4 aliphatic carbocycles. The van der Waals surface area contributed by atoms with Crippen LogP contribution in [0.25, 0.3) is 0 Å². The van der Waals surface area contributed by atoms with E-state index in [9.17, 15) is 4.79 Å². The summed E-state index contributed by atoms with van der Waals surface area (Å²) in [6, 6.07) is 4.43. The van der Waals surface area contributed by atoms with Gasteiger partial charge in [0.25, 0.3) is 0 Å². The molecule has 0 saturated heterocycles. The molecule has 3 unspecified atom stereocenters. The molecule has 2 nitrogen and oxygen atoms in total. The first-order chi connectivity index (χ1) is 11.5. The molecule has 0 spiro atoms. The standard InChI is InChI=1S/C22H29NO/c1-21-9-7-16(24)13-15(21)5-6-17-18(21)8-10-22(2)19(17)12-14-4-3-11-23-20(14)22/h3-4,11,15,17-19H,5-10,12-13H2,1-2H3/t15-,17?,18?,19?,21-,22-/m0/s1. The number of nitrogens with zero attached hydrogens (tertiary/aromatic N) is 1. The molecule has 1 heterocycles. The molecule has 0 bridgehead atoms. The van der Waals surface area contributed by atoms with Gasteiger partial charge in [0.15, 0.2) is 0 Å². The lowest BCUT2D eigenvalue weighted by Gasteiger charge is -2.59. The third kappa shape index (κ3) is 1.83. The van der Waals surface area contributed by atoms with E-state index in [1.807, 2.05) is 6.20 Å². The van der Waals surface area contributed by atoms with Crippen LogP contribution in [0.1, 0.15) is 70.1 Å². The quantitative estimate of drug-likeness (QED) is 0.692. The number of Topliss-reactive ketones (excluding diaryl/α,β-unsaturated/α-hetero) is 1. The van der Waals surface area contributed by atoms with Crippen LogP contribution < -0.4 is 0 Å². The normalized spacial score (nSPS) is 46.7. The number of carbonyl (C=O) groups is 1. The lowest BCUT2D eigenvalue weighted by molar-refractivity contribution is -0.135. The summed E-state index contributed by atoms with van der Waals surface area (Å²) in [7, 11) is 0. The fraction of sp³-hybridized carbons (Fsp3) is 0.727. The van der Waals surface area contributed by atoms with Crippen molar-refractivity contribution in [3.8, 4) is 0 Å². The molecule has 0 amide bonds. The monoisotopic (exact) mass is 323 g/mol. The fourth-order valence-electron chi connectivity index (χ4n) is 7.39. The van der Waals surface area contributed by atoms with Gasteiger partial charge in [-0.05, 0) is 79.2 Å². The number of hydrogen-bond acceptors (Lipinski definition) is 2. The van der Waals surface area contributed by atoms with Crippen LogP contribution in [-0.4, -0.2) is 10.8 Å². The van der Waals surface area contributed by atoms with Crippen molar-refractivity contribution in [2.75, 3.05) is 0 Å². The Balaban J connectivity index is 1.51. The minimum Gasteiger partial charge on any atom is -0.300 e. The summed E-state index contributed by atoms with van der Waals surface area (Å²) in [6.07, 6.45) is 11.3. The van der Waals surface area contributed by atoms with E-state index in [1.54, 1.807) is 0 Å². The zero-order valence-corrected chi connectivity index (χ0v) is 15.1. The Morgan fingerprint density at radius 3 is 2.83 bits per heavy atom. The van der Waals surface area contributed by atoms with E-state index in [1.165, 1.54) is 43.4 Å². The van der Waals surface area contributed by atoms with Gasteiger partial charge < -0.3 is 0 Å². The number of ketones is 1. The smallest absolute Gasteiger partial charge is 0.133 e. The lowest BCUT2D eigenvalue weighted by Crippen LogP contribution is -2.54. The van der Waals surface area contributed by atoms with Crippen molar-refractivity contribution in [1.82, 2.24) is 4.98 Å². The Labute approximate surface area is 145 Å². The maximum Gasteiger partial charge on any atom is 0.133 e. The highest BCUT2D eigenvalue weighted by atomic mass is 16.1. The van der Waals surface area contributed by atoms with E-state index in [0.29, 0.717) is 22.5 Å². The molecule has 6 atom stereocenters. The van der Waals surface area contributed by atoms with Crippen LogP contribution in [0.15, 0.2) is 18.3 Å². The number of aromatic nitrogens is 1. The minimum absolute atomic E-state index is 0.297. The SMILES string of the molecule is C[C@]12CCC3C(CC[C@H]4CC(=O)CC[C@]34C)C1Cc1cccnc12. The average molecular weight is 323 g/mol. The third-order valence-corrected chi connectivity index (χ3v) is 8.74. The van der Waals surface area contributed by atoms with E-state index in [-0.39, 0.29) is 0 Å². The van der Waals surface area contributed by atoms with E-state index < -0.39 is 0 Å². The Bertz CT molecular complexity index is 697. The lowest BCUT2D eigenvalue weighted by atomic mass is 9.45. The Morgan fingerprint density at radius 1 is 1.08 bits per heavy atom. The molecule has 0 radical (unpaired) electrons. The molecule has 0 aliphatic heterocycles. The van der Waals surface area contributed by atoms with Crippen LogP contribution in [0.2, 0.25) is 0 Å². The van der Waals surface area contributed by atoms with Crippen molar-refractivity contribution >= 4 is 5.78 Å². The largest absolute Gasteiger partial charge is 0.300 e. The van der Waals surface area contributed by atoms with Gasteiger partial charge in [-0.25, -0.2) is 0 Å². The number of pyridine rings is 1. The summed E-state index contributed by atoms with van der Waals surface area (Å²) < 4.78 is 0. The summed E-state index contributed by atoms with van der Waals surface area (Å²) in [5, 5.41) is 0. The van der Waals surface area contributed by atoms with E-state index >= 15 is 0 Å². The first-order valence-corrected chi connectivity index (χ1v) is 9.98. The Morgan fingerprint density at radius 2 is 1.96 bits per heavy atom. The summed E-state index contributed by atoms with van der Waals surface area (Å²) >= 11 is 0. The van der Waals surface area contributed by atoms with Crippen molar-refractivity contribution < 1.29 is 4.79 Å². The van der Waals surface area contributed by atoms with E-state index in [0.717, 1.165) is 37.0 Å². The number of rotatable bonds is 0. The van der Waals surface area contributed by atoms with Crippen LogP contribution in [0, 0.1) is 29.1 Å². The molecular weight excluding hydrogens is 294 g/mol. The van der Waals surface area contributed by atoms with Crippen LogP contribution in [0.3, 0.4) is 0 Å². The van der Waals surface area contributed by atoms with Gasteiger partial charge in [-0.1, -0.05) is 19.9 Å². The highest BCUT2D eigenvalue weighted by Crippen LogP contribution is 2.64. The molecular formula is C22H29NO. The Kier molecular flexibility index (Phi) is 3.10. The molecule has 3 fully saturated rings. The molecule has 24 heavy (non-hydrogen) atoms. The molecule has 3 saturated carbocycles. The first-order valence-electron chi connectivity index (χ1n) is 9.98. The van der Waals surface area contributed by atoms with Crippen LogP contribution >= 0.6 is 0 Å². The number of fused-ring (bicyclic) bond motifs is 7. The van der Waals surface area contributed by atoms with Crippen molar-refractivity contribution in [3.63, 3.8) is 0 Å². The molecule has 4 aliphatic rings. The molecule has 1 aromatic rings. The molecule has 0 N–H and O–H groups in total. The highest BCUT2D eigenvalue weighted by molar-refractivity contribution is 5.79. The molecule has 1 aromatic heterocycles. The second kappa shape index (κ2) is 4.93. The zero-order chi connectivity index (χ0) is 16.5. The maximum atomic E-state index is 12.0. The Hall–Kier alpha value is -1.18. The molecule has 2 heteroatoms. The number of carbonyl (C=O) groups excluding carboxylic acids is 1. The van der Waals surface area contributed by atoms with Gasteiger partial charge in [0, 0.05) is 30.1 Å².